The van der Waals surface area contributed by atoms with Crippen molar-refractivity contribution in [2.24, 2.45) is 0 Å². The molecule has 0 aliphatic rings. The largest absolute Gasteiger partial charge is 0.488 e. The average Bonchev–Trinajstić information content (AvgIpc) is 2.67. The molecule has 3 rings (SSSR count). The molecule has 2 nitrogen and oxygen atoms in total. The molecule has 0 amide bonds. The lowest BCUT2D eigenvalue weighted by atomic mass is 9.97. The maximum Gasteiger partial charge on any atom is 0.252 e. The molecular formula is C22H19ClO2. The van der Waals surface area contributed by atoms with E-state index < -0.39 is 5.24 Å². The summed E-state index contributed by atoms with van der Waals surface area (Å²) in [5, 5.41) is -0.450. The number of para-hydroxylation sites is 1. The van der Waals surface area contributed by atoms with Crippen LogP contribution in [0.1, 0.15) is 28.4 Å². The standard InChI is InChI=1S/C22H19ClO2/c1-2-17-7-3-4-8-19(17)20-9-5-6-10-21(20)25-15-16-11-13-18(14-12-16)22(23)24/h3-14H,2,15H2,1H3. The van der Waals surface area contributed by atoms with Crippen molar-refractivity contribution in [2.75, 3.05) is 0 Å². The fourth-order valence-electron chi connectivity index (χ4n) is 2.80. The minimum Gasteiger partial charge on any atom is -0.488 e. The zero-order chi connectivity index (χ0) is 17.6. The van der Waals surface area contributed by atoms with E-state index in [-0.39, 0.29) is 0 Å². The number of carbonyl (C=O) groups is 1. The van der Waals surface area contributed by atoms with Crippen LogP contribution in [-0.4, -0.2) is 5.24 Å². The summed E-state index contributed by atoms with van der Waals surface area (Å²) in [7, 11) is 0. The molecule has 0 radical (unpaired) electrons. The third kappa shape index (κ3) is 4.09. The number of rotatable bonds is 6. The van der Waals surface area contributed by atoms with Crippen LogP contribution in [0.2, 0.25) is 0 Å². The van der Waals surface area contributed by atoms with Gasteiger partial charge in [0.25, 0.3) is 5.24 Å². The zero-order valence-corrected chi connectivity index (χ0v) is 14.8. The second kappa shape index (κ2) is 8.00. The Kier molecular flexibility index (Phi) is 5.52. The first kappa shape index (κ1) is 17.2. The summed E-state index contributed by atoms with van der Waals surface area (Å²) < 4.78 is 6.06. The van der Waals surface area contributed by atoms with Crippen molar-refractivity contribution in [3.05, 3.63) is 89.5 Å². The number of hydrogen-bond acceptors (Lipinski definition) is 2. The SMILES string of the molecule is CCc1ccccc1-c1ccccc1OCc1ccc(C(=O)Cl)cc1. The predicted molar refractivity (Wildman–Crippen MR) is 102 cm³/mol. The summed E-state index contributed by atoms with van der Waals surface area (Å²) in [6.45, 7) is 2.59. The summed E-state index contributed by atoms with van der Waals surface area (Å²) in [5.41, 5.74) is 5.06. The summed E-state index contributed by atoms with van der Waals surface area (Å²) in [4.78, 5) is 11.1. The Morgan fingerprint density at radius 2 is 1.52 bits per heavy atom. The second-order valence-electron chi connectivity index (χ2n) is 5.77. The van der Waals surface area contributed by atoms with Gasteiger partial charge in [0, 0.05) is 11.1 Å². The molecule has 0 atom stereocenters. The van der Waals surface area contributed by atoms with Crippen LogP contribution in [0, 0.1) is 0 Å². The molecule has 0 N–H and O–H groups in total. The first-order chi connectivity index (χ1) is 12.2. The van der Waals surface area contributed by atoms with Crippen molar-refractivity contribution in [1.82, 2.24) is 0 Å². The second-order valence-corrected chi connectivity index (χ2v) is 6.11. The van der Waals surface area contributed by atoms with Gasteiger partial charge in [-0.3, -0.25) is 4.79 Å². The maximum atomic E-state index is 11.1. The van der Waals surface area contributed by atoms with Crippen molar-refractivity contribution in [3.63, 3.8) is 0 Å². The number of halogens is 1. The molecule has 0 heterocycles. The Labute approximate surface area is 153 Å². The molecule has 0 unspecified atom stereocenters. The van der Waals surface area contributed by atoms with E-state index in [4.69, 9.17) is 16.3 Å². The number of aryl methyl sites for hydroxylation is 1. The monoisotopic (exact) mass is 350 g/mol. The molecular weight excluding hydrogens is 332 g/mol. The molecule has 25 heavy (non-hydrogen) atoms. The van der Waals surface area contributed by atoms with Crippen LogP contribution in [0.5, 0.6) is 5.75 Å². The summed E-state index contributed by atoms with van der Waals surface area (Å²) in [6, 6.07) is 23.6. The van der Waals surface area contributed by atoms with E-state index in [0.29, 0.717) is 12.2 Å². The van der Waals surface area contributed by atoms with Gasteiger partial charge >= 0.3 is 0 Å². The number of benzene rings is 3. The lowest BCUT2D eigenvalue weighted by Gasteiger charge is -2.14. The van der Waals surface area contributed by atoms with Crippen molar-refractivity contribution < 1.29 is 9.53 Å². The number of ether oxygens (including phenoxy) is 1. The van der Waals surface area contributed by atoms with E-state index >= 15 is 0 Å². The average molecular weight is 351 g/mol. The van der Waals surface area contributed by atoms with Crippen molar-refractivity contribution in [2.45, 2.75) is 20.0 Å². The molecule has 0 saturated heterocycles. The molecule has 126 valence electrons. The van der Waals surface area contributed by atoms with Crippen LogP contribution in [0.15, 0.2) is 72.8 Å². The van der Waals surface area contributed by atoms with E-state index in [9.17, 15) is 4.79 Å². The normalized spacial score (nSPS) is 10.5. The smallest absolute Gasteiger partial charge is 0.252 e. The molecule has 3 heteroatoms. The molecule has 0 aliphatic heterocycles. The number of carbonyl (C=O) groups excluding carboxylic acids is 1. The van der Waals surface area contributed by atoms with Gasteiger partial charge in [0.15, 0.2) is 0 Å². The predicted octanol–water partition coefficient (Wildman–Crippen LogP) is 5.87. The molecule has 0 aliphatic carbocycles. The van der Waals surface area contributed by atoms with Crippen LogP contribution in [0.4, 0.5) is 0 Å². The lowest BCUT2D eigenvalue weighted by Crippen LogP contribution is -1.99. The zero-order valence-electron chi connectivity index (χ0n) is 14.0. The lowest BCUT2D eigenvalue weighted by molar-refractivity contribution is 0.108. The summed E-state index contributed by atoms with van der Waals surface area (Å²) >= 11 is 5.48. The van der Waals surface area contributed by atoms with Crippen LogP contribution in [0.3, 0.4) is 0 Å². The highest BCUT2D eigenvalue weighted by Crippen LogP contribution is 2.33. The van der Waals surface area contributed by atoms with Gasteiger partial charge in [-0.2, -0.15) is 0 Å². The van der Waals surface area contributed by atoms with Gasteiger partial charge in [0.1, 0.15) is 12.4 Å². The minimum absolute atomic E-state index is 0.433. The van der Waals surface area contributed by atoms with Crippen LogP contribution < -0.4 is 4.74 Å². The van der Waals surface area contributed by atoms with Crippen molar-refractivity contribution >= 4 is 16.8 Å². The van der Waals surface area contributed by atoms with E-state index in [1.54, 1.807) is 12.1 Å². The fourth-order valence-corrected chi connectivity index (χ4v) is 2.93. The van der Waals surface area contributed by atoms with Gasteiger partial charge in [-0.1, -0.05) is 61.5 Å². The molecule has 0 spiro atoms. The van der Waals surface area contributed by atoms with Crippen molar-refractivity contribution in [3.8, 4) is 16.9 Å². The molecule has 0 bridgehead atoms. The Morgan fingerprint density at radius 1 is 0.880 bits per heavy atom. The van der Waals surface area contributed by atoms with Crippen molar-refractivity contribution in [1.29, 1.82) is 0 Å². The highest BCUT2D eigenvalue weighted by Gasteiger charge is 2.09. The Morgan fingerprint density at radius 3 is 2.20 bits per heavy atom. The van der Waals surface area contributed by atoms with E-state index in [0.717, 1.165) is 23.3 Å². The van der Waals surface area contributed by atoms with Crippen LogP contribution in [-0.2, 0) is 13.0 Å². The van der Waals surface area contributed by atoms with Gasteiger partial charge < -0.3 is 4.74 Å². The highest BCUT2D eigenvalue weighted by molar-refractivity contribution is 6.67. The van der Waals surface area contributed by atoms with E-state index in [2.05, 4.69) is 31.2 Å². The summed E-state index contributed by atoms with van der Waals surface area (Å²) in [5.74, 6) is 0.848. The third-order valence-corrected chi connectivity index (χ3v) is 4.37. The Bertz CT molecular complexity index is 869. The first-order valence-corrected chi connectivity index (χ1v) is 8.65. The first-order valence-electron chi connectivity index (χ1n) is 8.28. The van der Waals surface area contributed by atoms with Gasteiger partial charge in [0.2, 0.25) is 0 Å². The molecule has 3 aromatic rings. The van der Waals surface area contributed by atoms with Crippen LogP contribution >= 0.6 is 11.6 Å². The molecule has 3 aromatic carbocycles. The molecule has 0 saturated carbocycles. The van der Waals surface area contributed by atoms with Gasteiger partial charge in [0.05, 0.1) is 0 Å². The minimum atomic E-state index is -0.450. The third-order valence-electron chi connectivity index (χ3n) is 4.15. The van der Waals surface area contributed by atoms with E-state index in [1.165, 1.54) is 11.1 Å². The number of hydrogen-bond donors (Lipinski definition) is 0. The molecule has 0 aromatic heterocycles. The van der Waals surface area contributed by atoms with Gasteiger partial charge in [-0.25, -0.2) is 0 Å². The Hall–Kier alpha value is -2.58. The maximum absolute atomic E-state index is 11.1. The highest BCUT2D eigenvalue weighted by atomic mass is 35.5. The fraction of sp³-hybridized carbons (Fsp3) is 0.136. The van der Waals surface area contributed by atoms with Gasteiger partial charge in [-0.15, -0.1) is 0 Å². The van der Waals surface area contributed by atoms with Crippen LogP contribution in [0.25, 0.3) is 11.1 Å². The quantitative estimate of drug-likeness (QED) is 0.519. The summed E-state index contributed by atoms with van der Waals surface area (Å²) in [6.07, 6.45) is 0.971. The van der Waals surface area contributed by atoms with E-state index in [1.807, 2.05) is 36.4 Å². The van der Waals surface area contributed by atoms with Gasteiger partial charge in [-0.05, 0) is 52.9 Å². The topological polar surface area (TPSA) is 26.3 Å². The molecule has 0 fully saturated rings. The Balaban J connectivity index is 1.83.